The first kappa shape index (κ1) is 33.4. The lowest BCUT2D eigenvalue weighted by molar-refractivity contribution is -0.00538. The van der Waals surface area contributed by atoms with Gasteiger partial charge >= 0.3 is 35.0 Å². The molecule has 0 spiro atoms. The van der Waals surface area contributed by atoms with E-state index < -0.39 is 46.3 Å². The fourth-order valence-electron chi connectivity index (χ4n) is 0.656. The molecule has 1 unspecified atom stereocenters. The summed E-state index contributed by atoms with van der Waals surface area (Å²) in [5.41, 5.74) is 8.10. The summed E-state index contributed by atoms with van der Waals surface area (Å²) in [6.45, 7) is 0. The number of nitrogens with zero attached hydrogens (tertiary/aromatic N) is 2. The molecule has 0 saturated carbocycles. The molecule has 0 bridgehead atoms. The van der Waals surface area contributed by atoms with Gasteiger partial charge in [0.2, 0.25) is 0 Å². The van der Waals surface area contributed by atoms with Crippen LogP contribution in [-0.2, 0) is 0 Å². The molecule has 0 heterocycles. The van der Waals surface area contributed by atoms with E-state index in [-0.39, 0.29) is 5.71 Å². The molecule has 1 atom stereocenters. The number of hydrogen-bond acceptors (Lipinski definition) is 12. The molecule has 0 fully saturated rings. The van der Waals surface area contributed by atoms with Crippen LogP contribution in [0.2, 0.25) is 0 Å². The Morgan fingerprint density at radius 3 is 1.22 bits per heavy atom. The average Bonchev–Trinajstić information content (AvgIpc) is 2.40. The van der Waals surface area contributed by atoms with Crippen LogP contribution in [0, 0.1) is 0 Å². The van der Waals surface area contributed by atoms with Gasteiger partial charge in [-0.1, -0.05) is 0 Å². The van der Waals surface area contributed by atoms with E-state index in [0.717, 1.165) is 12.2 Å². The maximum atomic E-state index is 12.4. The Hall–Kier alpha value is -1.21. The summed E-state index contributed by atoms with van der Waals surface area (Å²) in [6.07, 6.45) is 1.57. The monoisotopic (exact) mass is 424 g/mol. The third-order valence-electron chi connectivity index (χ3n) is 1.19. The number of allylic oxidation sites excluding steroid dienone is 4. The minimum atomic E-state index is -2.17. The third-order valence-corrected chi connectivity index (χ3v) is 1.54. The topological polar surface area (TPSA) is 279 Å². The zero-order valence-electron chi connectivity index (χ0n) is 12.9. The van der Waals surface area contributed by atoms with Crippen molar-refractivity contribution in [3.63, 3.8) is 0 Å². The van der Waals surface area contributed by atoms with Gasteiger partial charge in [0.1, 0.15) is 0 Å². The van der Waals surface area contributed by atoms with Crippen molar-refractivity contribution >= 4 is 46.6 Å². The first-order valence-electron chi connectivity index (χ1n) is 5.86. The Bertz CT molecular complexity index is 444. The van der Waals surface area contributed by atoms with Crippen LogP contribution in [0.15, 0.2) is 23.8 Å². The van der Waals surface area contributed by atoms with Crippen molar-refractivity contribution in [2.45, 2.75) is 5.38 Å². The van der Waals surface area contributed by atoms with Crippen molar-refractivity contribution in [1.29, 1.82) is 0 Å². The van der Waals surface area contributed by atoms with Gasteiger partial charge < -0.3 is 65.8 Å². The average molecular weight is 424 g/mol. The van der Waals surface area contributed by atoms with Gasteiger partial charge in [-0.25, -0.2) is 8.78 Å². The molecule has 0 aromatic rings. The van der Waals surface area contributed by atoms with E-state index in [1.807, 2.05) is 0 Å². The number of rotatable bonds is 0. The summed E-state index contributed by atoms with van der Waals surface area (Å²) >= 11 is 5.42. The second-order valence-corrected chi connectivity index (χ2v) is 3.79. The van der Waals surface area contributed by atoms with Gasteiger partial charge in [0, 0.05) is 0 Å². The second kappa shape index (κ2) is 21.1. The van der Waals surface area contributed by atoms with E-state index in [9.17, 15) is 8.78 Å². The van der Waals surface area contributed by atoms with E-state index in [0.29, 0.717) is 0 Å². The molecule has 0 aromatic heterocycles. The van der Waals surface area contributed by atoms with Crippen molar-refractivity contribution in [3.8, 4) is 0 Å². The largest absolute Gasteiger partial charge is 0.631 e. The molecule has 0 radical (unpaired) electrons. The maximum absolute atomic E-state index is 12.4. The van der Waals surface area contributed by atoms with E-state index in [1.54, 1.807) is 0 Å². The fraction of sp³-hybridized carbons (Fsp3) is 0.167. The fourth-order valence-corrected chi connectivity index (χ4v) is 0.873. The Kier molecular flexibility index (Phi) is 26.1. The Morgan fingerprint density at radius 1 is 0.741 bits per heavy atom. The van der Waals surface area contributed by atoms with Gasteiger partial charge in [-0.15, -0.1) is 11.6 Å². The zero-order valence-corrected chi connectivity index (χ0v) is 13.7. The summed E-state index contributed by atoms with van der Waals surface area (Å²) in [6, 6.07) is 0. The van der Waals surface area contributed by atoms with Crippen LogP contribution in [-0.4, -0.2) is 105 Å². The van der Waals surface area contributed by atoms with Gasteiger partial charge in [-0.05, 0) is 6.08 Å². The number of halogens is 3. The van der Waals surface area contributed by atoms with Crippen LogP contribution in [0.4, 0.5) is 8.78 Å². The lowest BCUT2D eigenvalue weighted by atomic mass is 10.1. The molecule has 14 nitrogen and oxygen atoms in total. The first-order valence-corrected chi connectivity index (χ1v) is 6.29. The summed E-state index contributed by atoms with van der Waals surface area (Å²) in [5, 5.41) is 85.1. The van der Waals surface area contributed by atoms with Crippen LogP contribution in [0.5, 0.6) is 0 Å². The number of alkyl halides is 1. The van der Waals surface area contributed by atoms with Crippen LogP contribution in [0.3, 0.4) is 0 Å². The SMILES string of the molecule is OB(O)O.OB(O)O.OB(O)O.OB(O)O.[N-]=[N+]=C1C=C(F)C(F)=CC1Cl. The number of hydrogen-bond donors (Lipinski definition) is 12. The molecule has 21 heteroatoms. The van der Waals surface area contributed by atoms with E-state index in [4.69, 9.17) is 77.4 Å². The molecule has 0 amide bonds. The smallest absolute Gasteiger partial charge is 0.402 e. The van der Waals surface area contributed by atoms with Gasteiger partial charge in [-0.2, -0.15) is 4.79 Å². The molecule has 1 aliphatic rings. The lowest BCUT2D eigenvalue weighted by Gasteiger charge is -2.01. The summed E-state index contributed by atoms with van der Waals surface area (Å²) in [4.78, 5) is 2.67. The molecular formula is C6H15B4ClF2N2O12. The highest BCUT2D eigenvalue weighted by Crippen LogP contribution is 2.21. The van der Waals surface area contributed by atoms with Crippen molar-refractivity contribution in [1.82, 2.24) is 0 Å². The molecule has 154 valence electrons. The third kappa shape index (κ3) is 45.7. The summed E-state index contributed by atoms with van der Waals surface area (Å²) in [5.74, 6) is -2.10. The van der Waals surface area contributed by atoms with Crippen molar-refractivity contribution in [2.24, 2.45) is 0 Å². The highest BCUT2D eigenvalue weighted by atomic mass is 35.5. The van der Waals surface area contributed by atoms with Crippen molar-refractivity contribution in [2.75, 3.05) is 0 Å². The minimum Gasteiger partial charge on any atom is -0.402 e. The predicted molar refractivity (Wildman–Crippen MR) is 86.3 cm³/mol. The van der Waals surface area contributed by atoms with Crippen LogP contribution >= 0.6 is 11.6 Å². The Morgan fingerprint density at radius 2 is 1.00 bits per heavy atom. The molecule has 0 saturated heterocycles. The van der Waals surface area contributed by atoms with E-state index >= 15 is 0 Å². The van der Waals surface area contributed by atoms with Crippen molar-refractivity contribution < 1.29 is 73.9 Å². The lowest BCUT2D eigenvalue weighted by Crippen LogP contribution is -2.14. The molecular weight excluding hydrogens is 409 g/mol. The van der Waals surface area contributed by atoms with E-state index in [2.05, 4.69) is 4.79 Å². The first-order chi connectivity index (χ1) is 12.1. The molecule has 0 aliphatic heterocycles. The maximum Gasteiger partial charge on any atom is 0.631 e. The van der Waals surface area contributed by atoms with Crippen LogP contribution < -0.4 is 0 Å². The quantitative estimate of drug-likeness (QED) is 0.0749. The van der Waals surface area contributed by atoms with Crippen LogP contribution in [0.25, 0.3) is 5.53 Å². The van der Waals surface area contributed by atoms with Crippen molar-refractivity contribution in [3.05, 3.63) is 29.3 Å². The van der Waals surface area contributed by atoms with Gasteiger partial charge in [0.15, 0.2) is 17.0 Å². The zero-order chi connectivity index (χ0) is 22.7. The minimum absolute atomic E-state index is 0.106. The normalized spacial score (nSPS) is 13.7. The molecule has 12 N–H and O–H groups in total. The summed E-state index contributed by atoms with van der Waals surface area (Å²) < 4.78 is 24.7. The molecule has 27 heavy (non-hydrogen) atoms. The Balaban J connectivity index is -0.000000139. The molecule has 0 aromatic carbocycles. The predicted octanol–water partition coefficient (Wildman–Crippen LogP) is -6.22. The van der Waals surface area contributed by atoms with Gasteiger partial charge in [0.05, 0.1) is 6.08 Å². The standard InChI is InChI=1S/C6H3ClF2N2.4BH3O3/c7-3-1-4(8)5(9)2-6(3)11-10;4*2-1(3)4/h1-3H;4*2-4H. The van der Waals surface area contributed by atoms with Gasteiger partial charge in [-0.3, -0.25) is 0 Å². The summed E-state index contributed by atoms with van der Waals surface area (Å²) in [7, 11) is -8.67. The Labute approximate surface area is 156 Å². The molecule has 1 rings (SSSR count). The second-order valence-electron chi connectivity index (χ2n) is 3.32. The van der Waals surface area contributed by atoms with E-state index in [1.165, 1.54) is 0 Å². The molecule has 1 aliphatic carbocycles. The van der Waals surface area contributed by atoms with Gasteiger partial charge in [0.25, 0.3) is 0 Å². The van der Waals surface area contributed by atoms with Crippen LogP contribution in [0.1, 0.15) is 0 Å². The highest BCUT2D eigenvalue weighted by molar-refractivity contribution is 6.35. The highest BCUT2D eigenvalue weighted by Gasteiger charge is 2.25.